The molecule has 0 bridgehead atoms. The van der Waals surface area contributed by atoms with Gasteiger partial charge in [0.2, 0.25) is 0 Å². The Morgan fingerprint density at radius 2 is 1.91 bits per heavy atom. The third kappa shape index (κ3) is 2.94. The van der Waals surface area contributed by atoms with Gasteiger partial charge >= 0.3 is 5.97 Å². The van der Waals surface area contributed by atoms with Crippen LogP contribution in [0.4, 0.5) is 0 Å². The average molecular weight is 309 g/mol. The van der Waals surface area contributed by atoms with Crippen molar-refractivity contribution in [3.05, 3.63) is 65.4 Å². The molecular formula is C18H15NO4. The zero-order valence-corrected chi connectivity index (χ0v) is 12.5. The maximum absolute atomic E-state index is 11.4. The molecule has 3 aromatic rings. The van der Waals surface area contributed by atoms with Crippen molar-refractivity contribution in [3.63, 3.8) is 0 Å². The Balaban J connectivity index is 1.78. The van der Waals surface area contributed by atoms with Gasteiger partial charge in [-0.05, 0) is 35.9 Å². The smallest absolute Gasteiger partial charge is 0.337 e. The third-order valence-electron chi connectivity index (χ3n) is 3.62. The molecule has 0 aliphatic heterocycles. The summed E-state index contributed by atoms with van der Waals surface area (Å²) in [4.78, 5) is 25.8. The predicted molar refractivity (Wildman–Crippen MR) is 85.8 cm³/mol. The van der Waals surface area contributed by atoms with E-state index >= 15 is 0 Å². The minimum Gasteiger partial charge on any atom is -0.488 e. The van der Waals surface area contributed by atoms with Crippen molar-refractivity contribution < 1.29 is 19.1 Å². The lowest BCUT2D eigenvalue weighted by atomic mass is 10.1. The summed E-state index contributed by atoms with van der Waals surface area (Å²) < 4.78 is 10.4. The third-order valence-corrected chi connectivity index (χ3v) is 3.62. The first-order chi connectivity index (χ1) is 11.2. The van der Waals surface area contributed by atoms with Crippen molar-refractivity contribution in [2.75, 3.05) is 7.11 Å². The minimum atomic E-state index is -0.377. The summed E-state index contributed by atoms with van der Waals surface area (Å²) >= 11 is 0. The molecule has 1 N–H and O–H groups in total. The van der Waals surface area contributed by atoms with Crippen LogP contribution in [-0.2, 0) is 11.3 Å². The zero-order chi connectivity index (χ0) is 16.2. The molecular weight excluding hydrogens is 294 g/mol. The highest BCUT2D eigenvalue weighted by Gasteiger charge is 2.10. The van der Waals surface area contributed by atoms with E-state index in [1.807, 2.05) is 12.1 Å². The highest BCUT2D eigenvalue weighted by molar-refractivity contribution is 5.98. The fourth-order valence-corrected chi connectivity index (χ4v) is 2.39. The van der Waals surface area contributed by atoms with E-state index in [0.717, 1.165) is 22.8 Å². The SMILES string of the molecule is COC(=O)c1ccc(COc2ccc3cc[nH]c3c2C=O)cc1. The first kappa shape index (κ1) is 14.8. The Morgan fingerprint density at radius 1 is 1.13 bits per heavy atom. The van der Waals surface area contributed by atoms with Gasteiger partial charge in [-0.3, -0.25) is 4.79 Å². The number of hydrogen-bond donors (Lipinski definition) is 1. The maximum atomic E-state index is 11.4. The lowest BCUT2D eigenvalue weighted by Gasteiger charge is -2.09. The van der Waals surface area contributed by atoms with Crippen molar-refractivity contribution in [1.29, 1.82) is 0 Å². The van der Waals surface area contributed by atoms with Crippen LogP contribution in [0.1, 0.15) is 26.3 Å². The van der Waals surface area contributed by atoms with Crippen molar-refractivity contribution in [2.45, 2.75) is 6.61 Å². The van der Waals surface area contributed by atoms with Gasteiger partial charge in [-0.15, -0.1) is 0 Å². The standard InChI is InChI=1S/C18H15NO4/c1-22-18(21)14-4-2-12(3-5-14)11-23-16-7-6-13-8-9-19-17(13)15(16)10-20/h2-10,19H,11H2,1H3. The van der Waals surface area contributed by atoms with E-state index in [4.69, 9.17) is 4.74 Å². The van der Waals surface area contributed by atoms with Gasteiger partial charge in [0, 0.05) is 11.6 Å². The molecule has 3 rings (SSSR count). The topological polar surface area (TPSA) is 68.4 Å². The highest BCUT2D eigenvalue weighted by Crippen LogP contribution is 2.26. The lowest BCUT2D eigenvalue weighted by molar-refractivity contribution is 0.0600. The highest BCUT2D eigenvalue weighted by atomic mass is 16.5. The van der Waals surface area contributed by atoms with E-state index < -0.39 is 0 Å². The number of fused-ring (bicyclic) bond motifs is 1. The van der Waals surface area contributed by atoms with Crippen LogP contribution in [0, 0.1) is 0 Å². The molecule has 5 heteroatoms. The van der Waals surface area contributed by atoms with E-state index in [1.54, 1.807) is 36.5 Å². The van der Waals surface area contributed by atoms with Crippen LogP contribution in [0.2, 0.25) is 0 Å². The number of nitrogens with one attached hydrogen (secondary N) is 1. The second-order valence-electron chi connectivity index (χ2n) is 5.01. The molecule has 0 spiro atoms. The van der Waals surface area contributed by atoms with Crippen LogP contribution in [0.25, 0.3) is 10.9 Å². The Kier molecular flexibility index (Phi) is 4.10. The summed E-state index contributed by atoms with van der Waals surface area (Å²) in [6.45, 7) is 0.300. The number of rotatable bonds is 5. The quantitative estimate of drug-likeness (QED) is 0.579. The summed E-state index contributed by atoms with van der Waals surface area (Å²) in [5.74, 6) is 0.143. The van der Waals surface area contributed by atoms with Gasteiger partial charge < -0.3 is 14.5 Å². The van der Waals surface area contributed by atoms with Crippen LogP contribution in [-0.4, -0.2) is 24.3 Å². The van der Waals surface area contributed by atoms with E-state index in [9.17, 15) is 9.59 Å². The van der Waals surface area contributed by atoms with Gasteiger partial charge in [0.25, 0.3) is 0 Å². The molecule has 0 fully saturated rings. The zero-order valence-electron chi connectivity index (χ0n) is 12.5. The number of carbonyl (C=O) groups excluding carboxylic acids is 2. The summed E-state index contributed by atoms with van der Waals surface area (Å²) in [7, 11) is 1.34. The summed E-state index contributed by atoms with van der Waals surface area (Å²) in [5.41, 5.74) is 2.64. The van der Waals surface area contributed by atoms with Crippen molar-refractivity contribution >= 4 is 23.2 Å². The largest absolute Gasteiger partial charge is 0.488 e. The fraction of sp³-hybridized carbons (Fsp3) is 0.111. The molecule has 2 aromatic carbocycles. The lowest BCUT2D eigenvalue weighted by Crippen LogP contribution is -2.02. The van der Waals surface area contributed by atoms with Crippen molar-refractivity contribution in [1.82, 2.24) is 4.98 Å². The van der Waals surface area contributed by atoms with E-state index in [1.165, 1.54) is 7.11 Å². The van der Waals surface area contributed by atoms with Crippen LogP contribution in [0.5, 0.6) is 5.75 Å². The molecule has 0 amide bonds. The number of aromatic nitrogens is 1. The van der Waals surface area contributed by atoms with E-state index in [0.29, 0.717) is 23.5 Å². The number of carbonyl (C=O) groups is 2. The van der Waals surface area contributed by atoms with Gasteiger partial charge in [0.15, 0.2) is 6.29 Å². The van der Waals surface area contributed by atoms with Crippen molar-refractivity contribution in [2.24, 2.45) is 0 Å². The normalized spacial score (nSPS) is 10.5. The monoisotopic (exact) mass is 309 g/mol. The first-order valence-electron chi connectivity index (χ1n) is 7.08. The van der Waals surface area contributed by atoms with Crippen LogP contribution >= 0.6 is 0 Å². The predicted octanol–water partition coefficient (Wildman–Crippen LogP) is 3.35. The Bertz CT molecular complexity index is 849. The number of methoxy groups -OCH3 is 1. The van der Waals surface area contributed by atoms with Gasteiger partial charge in [-0.2, -0.15) is 0 Å². The average Bonchev–Trinajstić information content (AvgIpc) is 3.07. The van der Waals surface area contributed by atoms with Gasteiger partial charge in [0.05, 0.1) is 23.8 Å². The summed E-state index contributed by atoms with van der Waals surface area (Å²) in [6, 6.07) is 12.5. The molecule has 0 unspecified atom stereocenters. The number of ether oxygens (including phenoxy) is 2. The number of H-pyrrole nitrogens is 1. The molecule has 1 heterocycles. The van der Waals surface area contributed by atoms with Crippen LogP contribution < -0.4 is 4.74 Å². The second-order valence-corrected chi connectivity index (χ2v) is 5.01. The molecule has 5 nitrogen and oxygen atoms in total. The molecule has 1 aromatic heterocycles. The molecule has 0 saturated heterocycles. The fourth-order valence-electron chi connectivity index (χ4n) is 2.39. The number of hydrogen-bond acceptors (Lipinski definition) is 4. The molecule has 0 aliphatic carbocycles. The molecule has 0 aliphatic rings. The summed E-state index contributed by atoms with van der Waals surface area (Å²) in [5, 5.41) is 0.960. The minimum absolute atomic E-state index is 0.300. The van der Waals surface area contributed by atoms with E-state index in [-0.39, 0.29) is 5.97 Å². The number of benzene rings is 2. The Hall–Kier alpha value is -3.08. The first-order valence-corrected chi connectivity index (χ1v) is 7.08. The van der Waals surface area contributed by atoms with Crippen molar-refractivity contribution in [3.8, 4) is 5.75 Å². The van der Waals surface area contributed by atoms with Crippen LogP contribution in [0.15, 0.2) is 48.7 Å². The Labute approximate surface area is 132 Å². The molecule has 116 valence electrons. The summed E-state index contributed by atoms with van der Waals surface area (Å²) in [6.07, 6.45) is 2.57. The molecule has 23 heavy (non-hydrogen) atoms. The molecule has 0 atom stereocenters. The van der Waals surface area contributed by atoms with Gasteiger partial charge in [-0.25, -0.2) is 4.79 Å². The maximum Gasteiger partial charge on any atom is 0.337 e. The van der Waals surface area contributed by atoms with Gasteiger partial charge in [-0.1, -0.05) is 12.1 Å². The second kappa shape index (κ2) is 6.36. The molecule has 0 radical (unpaired) electrons. The number of aromatic amines is 1. The van der Waals surface area contributed by atoms with Gasteiger partial charge in [0.1, 0.15) is 12.4 Å². The van der Waals surface area contributed by atoms with E-state index in [2.05, 4.69) is 9.72 Å². The van der Waals surface area contributed by atoms with Crippen LogP contribution in [0.3, 0.4) is 0 Å². The molecule has 0 saturated carbocycles. The Morgan fingerprint density at radius 3 is 2.61 bits per heavy atom. The number of esters is 1. The number of aldehydes is 1.